The van der Waals surface area contributed by atoms with E-state index in [0.717, 1.165) is 4.57 Å². The van der Waals surface area contributed by atoms with Crippen molar-refractivity contribution in [2.45, 2.75) is 0 Å². The van der Waals surface area contributed by atoms with Gasteiger partial charge < -0.3 is 4.57 Å². The third kappa shape index (κ3) is 1.13. The van der Waals surface area contributed by atoms with Gasteiger partial charge in [0.1, 0.15) is 10.9 Å². The second kappa shape index (κ2) is 3.28. The number of nitrogens with zero attached hydrogens (tertiary/aromatic N) is 5. The summed E-state index contributed by atoms with van der Waals surface area (Å²) in [5.41, 5.74) is 0.965. The molecule has 0 amide bonds. The van der Waals surface area contributed by atoms with Gasteiger partial charge in [0, 0.05) is 21.1 Å². The maximum absolute atomic E-state index is 12.2. The van der Waals surface area contributed by atoms with Gasteiger partial charge in [-0.3, -0.25) is 13.9 Å². The molecule has 3 heterocycles. The predicted molar refractivity (Wildman–Crippen MR) is 66.5 cm³/mol. The van der Waals surface area contributed by atoms with Crippen LogP contribution in [-0.2, 0) is 21.1 Å². The second-order valence-electron chi connectivity index (χ2n) is 4.25. The summed E-state index contributed by atoms with van der Waals surface area (Å²) in [4.78, 5) is 32.4. The Labute approximate surface area is 101 Å². The topological polar surface area (TPSA) is 74.7 Å². The van der Waals surface area contributed by atoms with E-state index in [-0.39, 0.29) is 11.2 Å². The second-order valence-corrected chi connectivity index (χ2v) is 4.25. The van der Waals surface area contributed by atoms with Gasteiger partial charge in [-0.25, -0.2) is 14.8 Å². The molecule has 0 fully saturated rings. The lowest BCUT2D eigenvalue weighted by Gasteiger charge is -2.07. The molecule has 3 aromatic heterocycles. The molecule has 0 aliphatic carbocycles. The Bertz CT molecular complexity index is 900. The first-order chi connectivity index (χ1) is 8.52. The molecule has 0 radical (unpaired) electrons. The van der Waals surface area contributed by atoms with Gasteiger partial charge in [0.2, 0.25) is 0 Å². The van der Waals surface area contributed by atoms with Crippen molar-refractivity contribution in [3.8, 4) is 0 Å². The molecule has 0 bridgehead atoms. The molecule has 3 rings (SSSR count). The van der Waals surface area contributed by atoms with Gasteiger partial charge in [-0.2, -0.15) is 0 Å². The van der Waals surface area contributed by atoms with Crippen LogP contribution in [0.1, 0.15) is 0 Å². The minimum absolute atomic E-state index is 0.352. The third-order valence-corrected chi connectivity index (χ3v) is 3.14. The number of hydrogen-bond acceptors (Lipinski definition) is 4. The molecule has 92 valence electrons. The Morgan fingerprint density at radius 1 is 1.06 bits per heavy atom. The molecule has 7 nitrogen and oxygen atoms in total. The SMILES string of the molecule is Cn1c(=O)c2c3c(cnc2n(C)c1=O)ncn3C. The fourth-order valence-corrected chi connectivity index (χ4v) is 2.16. The van der Waals surface area contributed by atoms with Gasteiger partial charge in [0.25, 0.3) is 5.56 Å². The van der Waals surface area contributed by atoms with Gasteiger partial charge in [-0.15, -0.1) is 0 Å². The van der Waals surface area contributed by atoms with E-state index in [4.69, 9.17) is 0 Å². The van der Waals surface area contributed by atoms with Crippen LogP contribution >= 0.6 is 0 Å². The van der Waals surface area contributed by atoms with Gasteiger partial charge in [-0.05, 0) is 0 Å². The number of fused-ring (bicyclic) bond motifs is 3. The van der Waals surface area contributed by atoms with Crippen molar-refractivity contribution in [3.63, 3.8) is 0 Å². The average molecular weight is 245 g/mol. The number of imidazole rings is 1. The minimum atomic E-state index is -0.387. The quantitative estimate of drug-likeness (QED) is 0.536. The number of hydrogen-bond donors (Lipinski definition) is 0. The summed E-state index contributed by atoms with van der Waals surface area (Å²) in [6.45, 7) is 0. The molecule has 0 aromatic carbocycles. The van der Waals surface area contributed by atoms with E-state index in [2.05, 4.69) is 9.97 Å². The molecular weight excluding hydrogens is 234 g/mol. The van der Waals surface area contributed by atoms with Crippen LogP contribution in [0.25, 0.3) is 22.1 Å². The number of pyridine rings is 1. The van der Waals surface area contributed by atoms with Crippen LogP contribution in [-0.4, -0.2) is 23.7 Å². The molecule has 0 aliphatic heterocycles. The van der Waals surface area contributed by atoms with E-state index in [9.17, 15) is 9.59 Å². The summed E-state index contributed by atoms with van der Waals surface area (Å²) >= 11 is 0. The van der Waals surface area contributed by atoms with Gasteiger partial charge in [0.15, 0.2) is 5.65 Å². The van der Waals surface area contributed by atoms with E-state index in [1.54, 1.807) is 31.2 Å². The standard InChI is InChI=1S/C11H11N5O2/c1-14-5-13-6-4-12-9-7(8(6)14)10(17)16(3)11(18)15(9)2/h4-5H,1-3H3. The molecule has 0 saturated heterocycles. The zero-order valence-corrected chi connectivity index (χ0v) is 10.2. The molecule has 0 atom stereocenters. The lowest BCUT2D eigenvalue weighted by Crippen LogP contribution is -2.37. The number of rotatable bonds is 0. The van der Waals surface area contributed by atoms with E-state index in [1.165, 1.54) is 11.6 Å². The van der Waals surface area contributed by atoms with Crippen LogP contribution in [0, 0.1) is 0 Å². The highest BCUT2D eigenvalue weighted by atomic mass is 16.2. The molecule has 0 N–H and O–H groups in total. The summed E-state index contributed by atoms with van der Waals surface area (Å²) in [6.07, 6.45) is 3.19. The van der Waals surface area contributed by atoms with E-state index in [0.29, 0.717) is 22.1 Å². The highest BCUT2D eigenvalue weighted by molar-refractivity contribution is 6.00. The lowest BCUT2D eigenvalue weighted by atomic mass is 10.3. The maximum atomic E-state index is 12.2. The van der Waals surface area contributed by atoms with Crippen molar-refractivity contribution in [1.82, 2.24) is 23.7 Å². The van der Waals surface area contributed by atoms with Crippen molar-refractivity contribution in [2.75, 3.05) is 0 Å². The third-order valence-electron chi connectivity index (χ3n) is 3.14. The van der Waals surface area contributed by atoms with Crippen molar-refractivity contribution >= 4 is 22.1 Å². The Hall–Kier alpha value is -2.44. The fourth-order valence-electron chi connectivity index (χ4n) is 2.16. The first kappa shape index (κ1) is 10.7. The largest absolute Gasteiger partial charge is 0.333 e. The van der Waals surface area contributed by atoms with Gasteiger partial charge in [-0.1, -0.05) is 0 Å². The van der Waals surface area contributed by atoms with E-state index < -0.39 is 0 Å². The van der Waals surface area contributed by atoms with Gasteiger partial charge in [0.05, 0.1) is 18.0 Å². The molecule has 0 unspecified atom stereocenters. The Balaban J connectivity index is 2.80. The average Bonchev–Trinajstić information content (AvgIpc) is 2.75. The van der Waals surface area contributed by atoms with Crippen molar-refractivity contribution in [1.29, 1.82) is 0 Å². The van der Waals surface area contributed by atoms with Crippen LogP contribution in [0.2, 0.25) is 0 Å². The smallest absolute Gasteiger partial charge is 0.332 e. The normalized spacial score (nSPS) is 11.5. The molecule has 0 spiro atoms. The summed E-state index contributed by atoms with van der Waals surface area (Å²) < 4.78 is 4.20. The molecule has 18 heavy (non-hydrogen) atoms. The highest BCUT2D eigenvalue weighted by Crippen LogP contribution is 2.17. The lowest BCUT2D eigenvalue weighted by molar-refractivity contribution is 0.708. The highest BCUT2D eigenvalue weighted by Gasteiger charge is 2.15. The first-order valence-corrected chi connectivity index (χ1v) is 5.38. The van der Waals surface area contributed by atoms with E-state index in [1.807, 2.05) is 0 Å². The molecule has 0 saturated carbocycles. The predicted octanol–water partition coefficient (Wildman–Crippen LogP) is -0.481. The van der Waals surface area contributed by atoms with Gasteiger partial charge >= 0.3 is 5.69 Å². The Morgan fingerprint density at radius 2 is 1.78 bits per heavy atom. The molecule has 3 aromatic rings. The fraction of sp³-hybridized carbons (Fsp3) is 0.273. The monoisotopic (exact) mass is 245 g/mol. The molecule has 0 aliphatic rings. The summed E-state index contributed by atoms with van der Waals surface area (Å²) in [6, 6.07) is 0. The van der Waals surface area contributed by atoms with Crippen molar-refractivity contribution in [2.24, 2.45) is 21.1 Å². The zero-order chi connectivity index (χ0) is 13.0. The minimum Gasteiger partial charge on any atom is -0.333 e. The van der Waals surface area contributed by atoms with Crippen LogP contribution in [0.15, 0.2) is 22.1 Å². The zero-order valence-electron chi connectivity index (χ0n) is 10.2. The number of aromatic nitrogens is 5. The van der Waals surface area contributed by atoms with Crippen LogP contribution < -0.4 is 11.2 Å². The maximum Gasteiger partial charge on any atom is 0.332 e. The summed E-state index contributed by atoms with van der Waals surface area (Å²) in [5, 5.41) is 0.414. The van der Waals surface area contributed by atoms with Crippen LogP contribution in [0.3, 0.4) is 0 Å². The molecular formula is C11H11N5O2. The van der Waals surface area contributed by atoms with Crippen molar-refractivity contribution < 1.29 is 0 Å². The number of aryl methyl sites for hydroxylation is 2. The Kier molecular flexibility index (Phi) is 1.95. The summed E-state index contributed by atoms with van der Waals surface area (Å²) in [7, 11) is 4.86. The van der Waals surface area contributed by atoms with E-state index >= 15 is 0 Å². The van der Waals surface area contributed by atoms with Crippen LogP contribution in [0.4, 0.5) is 0 Å². The Morgan fingerprint density at radius 3 is 2.50 bits per heavy atom. The van der Waals surface area contributed by atoms with Crippen LogP contribution in [0.5, 0.6) is 0 Å². The summed E-state index contributed by atoms with van der Waals surface area (Å²) in [5.74, 6) is 0. The van der Waals surface area contributed by atoms with Crippen molar-refractivity contribution in [3.05, 3.63) is 33.4 Å². The first-order valence-electron chi connectivity index (χ1n) is 5.38. The molecule has 7 heteroatoms.